The Labute approximate surface area is 167 Å². The number of hydrogen-bond donors (Lipinski definition) is 2. The zero-order valence-corrected chi connectivity index (χ0v) is 17.3. The molecule has 4 aliphatic carbocycles. The third-order valence-electron chi connectivity index (χ3n) is 7.19. The number of nitrogens with one attached hydrogen (secondary N) is 1. The Bertz CT molecular complexity index is 1020. The van der Waals surface area contributed by atoms with Gasteiger partial charge in [0.25, 0.3) is 5.56 Å². The Morgan fingerprint density at radius 1 is 1.29 bits per heavy atom. The fourth-order valence-corrected chi connectivity index (χ4v) is 7.30. The summed E-state index contributed by atoms with van der Waals surface area (Å²) < 4.78 is 5.83. The summed E-state index contributed by atoms with van der Waals surface area (Å²) in [5.74, 6) is 0.977. The van der Waals surface area contributed by atoms with Crippen molar-refractivity contribution in [3.05, 3.63) is 26.6 Å². The number of aromatic nitrogens is 2. The molecule has 2 aromatic heterocycles. The molecule has 4 fully saturated rings. The van der Waals surface area contributed by atoms with Crippen LogP contribution in [0.2, 0.25) is 0 Å². The Morgan fingerprint density at radius 3 is 2.61 bits per heavy atom. The molecule has 4 bridgehead atoms. The highest BCUT2D eigenvalue weighted by Crippen LogP contribution is 2.62. The summed E-state index contributed by atoms with van der Waals surface area (Å²) in [7, 11) is 0. The first-order valence-electron chi connectivity index (χ1n) is 10.1. The van der Waals surface area contributed by atoms with Gasteiger partial charge in [-0.25, -0.2) is 4.98 Å². The van der Waals surface area contributed by atoms with Gasteiger partial charge in [-0.1, -0.05) is 0 Å². The molecule has 0 amide bonds. The molecule has 0 aliphatic heterocycles. The maximum atomic E-state index is 13.2. The number of carbonyl (C=O) groups is 1. The lowest BCUT2D eigenvalue weighted by Crippen LogP contribution is -2.58. The summed E-state index contributed by atoms with van der Waals surface area (Å²) in [4.78, 5) is 34.8. The third kappa shape index (κ3) is 2.66. The lowest BCUT2D eigenvalue weighted by molar-refractivity contribution is -0.200. The van der Waals surface area contributed by atoms with Gasteiger partial charge >= 0.3 is 5.97 Å². The molecule has 4 aliphatic rings. The Balaban J connectivity index is 1.41. The second kappa shape index (κ2) is 5.89. The van der Waals surface area contributed by atoms with Crippen LogP contribution in [0, 0.1) is 31.1 Å². The lowest BCUT2D eigenvalue weighted by Gasteiger charge is -2.58. The summed E-state index contributed by atoms with van der Waals surface area (Å²) in [5, 5.41) is 11.5. The Morgan fingerprint density at radius 2 is 1.96 bits per heavy atom. The molecule has 2 N–H and O–H groups in total. The van der Waals surface area contributed by atoms with Crippen LogP contribution in [0.4, 0.5) is 0 Å². The molecule has 0 radical (unpaired) electrons. The highest BCUT2D eigenvalue weighted by atomic mass is 32.1. The maximum absolute atomic E-state index is 13.2. The standard InChI is InChI=1S/C21H26N2O4S/c1-10-12(3)28-18-15(10)17(24)22-16(23-18)11(2)27-19(25)20-5-13-4-14(6-20)8-21(26,7-13)9-20/h11,13-14,26H,4-9H2,1-3H3,(H,22,23,24)/t11-,13-,14-,20?,21?/m1/s1. The van der Waals surface area contributed by atoms with Crippen LogP contribution in [0.3, 0.4) is 0 Å². The summed E-state index contributed by atoms with van der Waals surface area (Å²) >= 11 is 1.49. The third-order valence-corrected chi connectivity index (χ3v) is 8.29. The quantitative estimate of drug-likeness (QED) is 0.766. The fourth-order valence-electron chi connectivity index (χ4n) is 6.26. The first kappa shape index (κ1) is 18.3. The van der Waals surface area contributed by atoms with Crippen molar-refractivity contribution >= 4 is 27.5 Å². The molecule has 0 spiro atoms. The van der Waals surface area contributed by atoms with E-state index < -0.39 is 17.1 Å². The van der Waals surface area contributed by atoms with Crippen LogP contribution in [-0.4, -0.2) is 26.6 Å². The first-order chi connectivity index (χ1) is 13.2. The van der Waals surface area contributed by atoms with Crippen LogP contribution in [-0.2, 0) is 9.53 Å². The minimum absolute atomic E-state index is 0.186. The Hall–Kier alpha value is -1.73. The zero-order valence-electron chi connectivity index (χ0n) is 16.5. The molecule has 6 nitrogen and oxygen atoms in total. The van der Waals surface area contributed by atoms with E-state index in [0.717, 1.165) is 42.5 Å². The van der Waals surface area contributed by atoms with Crippen molar-refractivity contribution in [2.75, 3.05) is 0 Å². The number of thiophene rings is 1. The second-order valence-corrected chi connectivity index (χ2v) is 10.6. The number of H-pyrrole nitrogens is 1. The van der Waals surface area contributed by atoms with Crippen molar-refractivity contribution in [2.24, 2.45) is 17.3 Å². The van der Waals surface area contributed by atoms with Gasteiger partial charge in [0, 0.05) is 4.88 Å². The summed E-state index contributed by atoms with van der Waals surface area (Å²) in [6.45, 7) is 5.65. The van der Waals surface area contributed by atoms with E-state index in [1.807, 2.05) is 13.8 Å². The number of rotatable bonds is 3. The molecule has 0 aromatic carbocycles. The SMILES string of the molecule is Cc1sc2nc([C@@H](C)OC(=O)C34C[C@H]5C[C@@H](CC(O)(C5)C3)C4)[nH]c(=O)c2c1C. The van der Waals surface area contributed by atoms with Gasteiger partial charge in [-0.15, -0.1) is 11.3 Å². The van der Waals surface area contributed by atoms with Crippen LogP contribution >= 0.6 is 11.3 Å². The molecule has 28 heavy (non-hydrogen) atoms. The summed E-state index contributed by atoms with van der Waals surface area (Å²) in [6, 6.07) is 0. The van der Waals surface area contributed by atoms with E-state index in [-0.39, 0.29) is 11.5 Å². The van der Waals surface area contributed by atoms with E-state index in [1.165, 1.54) is 11.3 Å². The van der Waals surface area contributed by atoms with Gasteiger partial charge in [-0.05, 0) is 76.7 Å². The number of aryl methyl sites for hydroxylation is 2. The van der Waals surface area contributed by atoms with Gasteiger partial charge in [-0.2, -0.15) is 0 Å². The van der Waals surface area contributed by atoms with Crippen LogP contribution in [0.1, 0.15) is 67.8 Å². The van der Waals surface area contributed by atoms with Crippen molar-refractivity contribution in [2.45, 2.75) is 71.0 Å². The normalized spacial score (nSPS) is 34.7. The van der Waals surface area contributed by atoms with E-state index in [2.05, 4.69) is 9.97 Å². The molecule has 3 atom stereocenters. The van der Waals surface area contributed by atoms with Gasteiger partial charge in [0.15, 0.2) is 11.9 Å². The molecule has 4 saturated carbocycles. The number of carbonyl (C=O) groups excluding carboxylic acids is 1. The number of hydrogen-bond acceptors (Lipinski definition) is 6. The van der Waals surface area contributed by atoms with E-state index in [4.69, 9.17) is 4.74 Å². The largest absolute Gasteiger partial charge is 0.454 e. The van der Waals surface area contributed by atoms with Crippen LogP contribution in [0.15, 0.2) is 4.79 Å². The molecule has 6 rings (SSSR count). The monoisotopic (exact) mass is 402 g/mol. The molecule has 7 heteroatoms. The number of esters is 1. The predicted molar refractivity (Wildman–Crippen MR) is 106 cm³/mol. The number of nitrogens with zero attached hydrogens (tertiary/aromatic N) is 1. The second-order valence-electron chi connectivity index (χ2n) is 9.43. The number of aromatic amines is 1. The van der Waals surface area contributed by atoms with E-state index in [0.29, 0.717) is 34.3 Å². The van der Waals surface area contributed by atoms with Crippen molar-refractivity contribution < 1.29 is 14.6 Å². The number of ether oxygens (including phenoxy) is 1. The average molecular weight is 403 g/mol. The molecule has 150 valence electrons. The van der Waals surface area contributed by atoms with E-state index in [9.17, 15) is 14.7 Å². The van der Waals surface area contributed by atoms with Crippen LogP contribution < -0.4 is 5.56 Å². The number of fused-ring (bicyclic) bond motifs is 1. The lowest BCUT2D eigenvalue weighted by atomic mass is 9.48. The minimum Gasteiger partial charge on any atom is -0.454 e. The van der Waals surface area contributed by atoms with Gasteiger partial charge in [0.2, 0.25) is 0 Å². The molecular weight excluding hydrogens is 376 g/mol. The van der Waals surface area contributed by atoms with Crippen LogP contribution in [0.25, 0.3) is 10.2 Å². The fraction of sp³-hybridized carbons (Fsp3) is 0.667. The highest BCUT2D eigenvalue weighted by molar-refractivity contribution is 7.18. The maximum Gasteiger partial charge on any atom is 0.312 e. The molecular formula is C21H26N2O4S. The molecule has 0 saturated heterocycles. The first-order valence-corrected chi connectivity index (χ1v) is 10.9. The summed E-state index contributed by atoms with van der Waals surface area (Å²) in [5.41, 5.74) is -0.516. The minimum atomic E-state index is -0.705. The smallest absolute Gasteiger partial charge is 0.312 e. The Kier molecular flexibility index (Phi) is 3.85. The van der Waals surface area contributed by atoms with Gasteiger partial charge in [-0.3, -0.25) is 9.59 Å². The van der Waals surface area contributed by atoms with Gasteiger partial charge in [0.05, 0.1) is 16.4 Å². The number of aliphatic hydroxyl groups is 1. The molecule has 2 aromatic rings. The van der Waals surface area contributed by atoms with Crippen molar-refractivity contribution in [3.63, 3.8) is 0 Å². The van der Waals surface area contributed by atoms with Crippen molar-refractivity contribution in [3.8, 4) is 0 Å². The van der Waals surface area contributed by atoms with Crippen molar-refractivity contribution in [1.82, 2.24) is 9.97 Å². The van der Waals surface area contributed by atoms with Crippen molar-refractivity contribution in [1.29, 1.82) is 0 Å². The van der Waals surface area contributed by atoms with Crippen LogP contribution in [0.5, 0.6) is 0 Å². The zero-order chi connectivity index (χ0) is 19.8. The topological polar surface area (TPSA) is 92.3 Å². The molecule has 2 heterocycles. The van der Waals surface area contributed by atoms with Gasteiger partial charge in [0.1, 0.15) is 4.83 Å². The summed E-state index contributed by atoms with van der Waals surface area (Å²) in [6.07, 6.45) is 4.25. The average Bonchev–Trinajstić information content (AvgIpc) is 2.87. The predicted octanol–water partition coefficient (Wildman–Crippen LogP) is 3.54. The van der Waals surface area contributed by atoms with E-state index >= 15 is 0 Å². The molecule has 0 unspecified atom stereocenters. The highest BCUT2D eigenvalue weighted by Gasteiger charge is 2.61. The van der Waals surface area contributed by atoms with E-state index in [1.54, 1.807) is 6.92 Å². The van der Waals surface area contributed by atoms with Gasteiger partial charge < -0.3 is 14.8 Å².